The van der Waals surface area contributed by atoms with Crippen LogP contribution in [-0.2, 0) is 35.6 Å². The fourth-order valence-corrected chi connectivity index (χ4v) is 25.6. The molecular weight excluding hydrogens is 1070 g/mol. The number of nitrogens with zero attached hydrogens (tertiary/aromatic N) is 2. The molecule has 0 aromatic carbocycles. The minimum absolute atomic E-state index is 0. The number of Topliss-reactive ketones (excluding diaryl/α,β-unsaturated/α-hetero) is 1. The maximum absolute atomic E-state index is 13.4. The molecule has 1 N–H and O–H groups in total. The number of aliphatic hydroxyl groups is 1. The van der Waals surface area contributed by atoms with E-state index in [-0.39, 0.29) is 75.0 Å². The first-order valence-electron chi connectivity index (χ1n) is 34.3. The van der Waals surface area contributed by atoms with Crippen LogP contribution < -0.4 is 34.7 Å². The quantitative estimate of drug-likeness (QED) is 0.154. The molecule has 1 aromatic heterocycles. The third kappa shape index (κ3) is 10.5. The fraction of sp³-hybridized carbons (Fsp3) is 0.878. The molecule has 10 nitrogen and oxygen atoms in total. The first-order chi connectivity index (χ1) is 39.8. The second-order valence-corrected chi connectivity index (χ2v) is 33.3. The van der Waals surface area contributed by atoms with Gasteiger partial charge in [-0.15, -0.1) is 0 Å². The van der Waals surface area contributed by atoms with Gasteiger partial charge < -0.3 is 38.5 Å². The Morgan fingerprint density at radius 3 is 1.51 bits per heavy atom. The van der Waals surface area contributed by atoms with E-state index in [4.69, 9.17) is 40.3 Å². The summed E-state index contributed by atoms with van der Waals surface area (Å²) in [6.07, 6.45) is 31.4. The molecule has 11 heteroatoms. The minimum atomic E-state index is -0.468. The van der Waals surface area contributed by atoms with Gasteiger partial charge in [0, 0.05) is 43.1 Å². The van der Waals surface area contributed by atoms with Crippen molar-refractivity contribution in [3.8, 4) is 0 Å². The van der Waals surface area contributed by atoms with E-state index in [0.717, 1.165) is 96.8 Å². The summed E-state index contributed by atoms with van der Waals surface area (Å²) in [5, 5.41) is 19.6. The SMILES string of the molecule is C=C(C)[C@@H]1CC[C@]2(COC3CCCCO3)CC[C@]3(C)[C@H](CC[C@@H]4[C@@]5(C)Cc6cnoc6C(C)(C)[C@@H]5CC[C@]43C)[C@@H]12.CO.C[O-].[C-]#[N+]C1C[C@]2(C)[C@H]3CC[C@@H]4[C@H]5[C@H](C(=C)C)CC[C@]5(COC5CCCCO5)CC[C@@]4(C)[C@]3(C)CC[C@H]2C(C)(C)C1=O.[Na+]. The number of hydrogen-bond donors (Lipinski definition) is 1. The van der Waals surface area contributed by atoms with Gasteiger partial charge in [-0.1, -0.05) is 98.7 Å². The average Bonchev–Trinajstić information content (AvgIpc) is 1.50. The summed E-state index contributed by atoms with van der Waals surface area (Å²) in [6.45, 7) is 50.3. The molecule has 12 aliphatic rings. The Hall–Kier alpha value is -1.39. The number of carbonyl (C=O) groups is 1. The molecule has 0 amide bonds. The number of hydrogen-bond acceptors (Lipinski definition) is 9. The van der Waals surface area contributed by atoms with E-state index >= 15 is 0 Å². The van der Waals surface area contributed by atoms with E-state index in [1.54, 1.807) is 0 Å². The maximum atomic E-state index is 13.4. The molecule has 21 atom stereocenters. The van der Waals surface area contributed by atoms with Crippen LogP contribution >= 0.6 is 0 Å². The molecule has 2 aliphatic heterocycles. The average molecular weight is 1190 g/mol. The van der Waals surface area contributed by atoms with E-state index in [9.17, 15) is 4.79 Å². The zero-order valence-electron chi connectivity index (χ0n) is 56.5. The Kier molecular flexibility index (Phi) is 19.9. The van der Waals surface area contributed by atoms with E-state index in [1.165, 1.54) is 132 Å². The molecule has 2 saturated heterocycles. The van der Waals surface area contributed by atoms with Crippen molar-refractivity contribution in [2.24, 2.45) is 108 Å². The van der Waals surface area contributed by atoms with Crippen LogP contribution in [0.1, 0.15) is 242 Å². The Balaban J connectivity index is 0.000000190. The molecular formula is C74H117N2NaO8. The van der Waals surface area contributed by atoms with Gasteiger partial charge in [-0.25, -0.2) is 6.57 Å². The van der Waals surface area contributed by atoms with Crippen molar-refractivity contribution in [1.29, 1.82) is 0 Å². The van der Waals surface area contributed by atoms with Crippen molar-refractivity contribution in [2.75, 3.05) is 40.6 Å². The minimum Gasteiger partial charge on any atom is -0.857 e. The number of aromatic nitrogens is 1. The van der Waals surface area contributed by atoms with Gasteiger partial charge >= 0.3 is 29.6 Å². The number of aliphatic hydroxyl groups excluding tert-OH is 1. The molecule has 472 valence electrons. The zero-order valence-corrected chi connectivity index (χ0v) is 58.5. The number of allylic oxidation sites excluding steroid dienone is 2. The van der Waals surface area contributed by atoms with Gasteiger partial charge in [0.2, 0.25) is 5.78 Å². The van der Waals surface area contributed by atoms with E-state index in [1.807, 2.05) is 6.20 Å². The molecule has 0 bridgehead atoms. The predicted molar refractivity (Wildman–Crippen MR) is 332 cm³/mol. The largest absolute Gasteiger partial charge is 1.00 e. The number of ether oxygens (including phenoxy) is 4. The standard InChI is InChI=1S/2C36H55NO3.CH4O.CH3O.Na/c1-23(2)25-13-16-36(22-39-29-10-8-9-19-38-29)18-17-34(6)26(30(25)36)11-12-28-33(5)20-24-21-37-40-31(24)32(3,4)27(33)14-15-35(28,34)7;1-23(2)24-14-17-36(22-40-29-11-9-10-20-39-29)19-18-34(6)25(30(24)36)12-13-28-33(5)21-26(37-8)31(38)32(3,4)27(33)15-16-35(28,34)7;2*1-2;/h21,25-30H,1,8-20,22H2,2-7H3;24-30H,1,9-22H2,2-7H3;2H,1H3;1H3;/q;;;-1;+1/t25-,26+,27-,28+,29?,30+,33-,34+,35+,36+;24-,25+,26?,27-,28+,29?,30+,33-,34+,35+,36+;;;/m00.../s1. The summed E-state index contributed by atoms with van der Waals surface area (Å²) in [5.41, 5.74) is 5.90. The van der Waals surface area contributed by atoms with Crippen molar-refractivity contribution in [1.82, 2.24) is 5.16 Å². The third-order valence-electron chi connectivity index (χ3n) is 29.7. The van der Waals surface area contributed by atoms with Crippen LogP contribution in [0.3, 0.4) is 0 Å². The van der Waals surface area contributed by atoms with Gasteiger partial charge in [0.25, 0.3) is 6.04 Å². The van der Waals surface area contributed by atoms with Gasteiger partial charge in [-0.2, -0.15) is 7.11 Å². The molecule has 0 radical (unpaired) electrons. The molecule has 3 unspecified atom stereocenters. The number of rotatable bonds is 8. The molecule has 13 rings (SSSR count). The summed E-state index contributed by atoms with van der Waals surface area (Å²) in [5.74, 6) is 7.71. The molecule has 0 spiro atoms. The van der Waals surface area contributed by atoms with Gasteiger partial charge in [-0.05, 0) is 264 Å². The van der Waals surface area contributed by atoms with Crippen LogP contribution in [0.4, 0.5) is 0 Å². The monoisotopic (exact) mass is 1180 g/mol. The zero-order chi connectivity index (χ0) is 60.8. The van der Waals surface area contributed by atoms with E-state index in [2.05, 4.69) is 106 Å². The van der Waals surface area contributed by atoms with Crippen LogP contribution in [0.15, 0.2) is 35.0 Å². The number of ketones is 1. The third-order valence-corrected chi connectivity index (χ3v) is 29.7. The van der Waals surface area contributed by atoms with Gasteiger partial charge in [-0.3, -0.25) is 4.79 Å². The molecule has 11 fully saturated rings. The normalized spacial score (nSPS) is 47.6. The van der Waals surface area contributed by atoms with Crippen molar-refractivity contribution < 1.29 is 68.0 Å². The van der Waals surface area contributed by atoms with Gasteiger partial charge in [0.05, 0.1) is 19.4 Å². The fourth-order valence-electron chi connectivity index (χ4n) is 25.6. The summed E-state index contributed by atoms with van der Waals surface area (Å²) in [6, 6.07) is -0.468. The molecule has 9 saturated carbocycles. The Bertz CT molecular complexity index is 2600. The van der Waals surface area contributed by atoms with Crippen molar-refractivity contribution in [3.63, 3.8) is 0 Å². The summed E-state index contributed by atoms with van der Waals surface area (Å²) in [7, 11) is 1.75. The van der Waals surface area contributed by atoms with Crippen molar-refractivity contribution in [2.45, 2.75) is 261 Å². The van der Waals surface area contributed by atoms with Gasteiger partial charge in [0.15, 0.2) is 12.6 Å². The van der Waals surface area contributed by atoms with Crippen molar-refractivity contribution in [3.05, 3.63) is 53.2 Å². The smallest absolute Gasteiger partial charge is 0.857 e. The van der Waals surface area contributed by atoms with Crippen LogP contribution in [0.5, 0.6) is 0 Å². The van der Waals surface area contributed by atoms with Crippen LogP contribution in [0, 0.1) is 114 Å². The van der Waals surface area contributed by atoms with Crippen LogP contribution in [0.25, 0.3) is 4.85 Å². The summed E-state index contributed by atoms with van der Waals surface area (Å²) >= 11 is 0. The van der Waals surface area contributed by atoms with E-state index < -0.39 is 11.5 Å². The Morgan fingerprint density at radius 2 is 1.07 bits per heavy atom. The molecule has 1 aromatic rings. The summed E-state index contributed by atoms with van der Waals surface area (Å²) in [4.78, 5) is 17.3. The Labute approximate surface area is 538 Å². The topological polar surface area (TPSA) is 128 Å². The second kappa shape index (κ2) is 24.9. The summed E-state index contributed by atoms with van der Waals surface area (Å²) < 4.78 is 31.3. The van der Waals surface area contributed by atoms with Gasteiger partial charge in [0.1, 0.15) is 5.76 Å². The number of carbonyl (C=O) groups excluding carboxylic acids is 1. The first kappa shape index (κ1) is 68.0. The molecule has 85 heavy (non-hydrogen) atoms. The van der Waals surface area contributed by atoms with Crippen molar-refractivity contribution >= 4 is 5.78 Å². The molecule has 3 heterocycles. The van der Waals surface area contributed by atoms with Crippen LogP contribution in [-0.4, -0.2) is 75.3 Å². The second-order valence-electron chi connectivity index (χ2n) is 33.3. The molecule has 10 aliphatic carbocycles. The predicted octanol–water partition coefficient (Wildman–Crippen LogP) is 13.1. The van der Waals surface area contributed by atoms with Crippen LogP contribution in [0.2, 0.25) is 0 Å². The number of fused-ring (bicyclic) bond motifs is 15. The Morgan fingerprint density at radius 1 is 0.612 bits per heavy atom. The first-order valence-corrected chi connectivity index (χ1v) is 34.3. The maximum Gasteiger partial charge on any atom is 1.00 e. The van der Waals surface area contributed by atoms with E-state index in [0.29, 0.717) is 69.0 Å².